The van der Waals surface area contributed by atoms with Crippen LogP contribution >= 0.6 is 15.9 Å². The first-order valence-corrected chi connectivity index (χ1v) is 6.03. The molecule has 88 valence electrons. The minimum Gasteiger partial charge on any atom is -0.258 e. The monoisotopic (exact) mass is 289 g/mol. The zero-order valence-electron chi connectivity index (χ0n) is 8.95. The summed E-state index contributed by atoms with van der Waals surface area (Å²) in [6.45, 7) is 2.03. The van der Waals surface area contributed by atoms with E-state index in [9.17, 15) is 14.5 Å². The van der Waals surface area contributed by atoms with Crippen molar-refractivity contribution >= 4 is 21.6 Å². The van der Waals surface area contributed by atoms with Gasteiger partial charge in [0, 0.05) is 16.5 Å². The predicted octanol–water partition coefficient (Wildman–Crippen LogP) is 3.84. The standard InChI is InChI=1S/C11H13BrFNO2/c1-2-9(12)4-3-8-7-10(13)5-6-11(8)14(15)16/h5-7,9H,2-4H2,1H3. The maximum atomic E-state index is 13.0. The van der Waals surface area contributed by atoms with Crippen molar-refractivity contribution in [2.24, 2.45) is 0 Å². The van der Waals surface area contributed by atoms with Gasteiger partial charge in [0.05, 0.1) is 4.92 Å². The van der Waals surface area contributed by atoms with Gasteiger partial charge < -0.3 is 0 Å². The quantitative estimate of drug-likeness (QED) is 0.470. The molecule has 0 spiro atoms. The third-order valence-electron chi connectivity index (χ3n) is 2.41. The van der Waals surface area contributed by atoms with E-state index in [2.05, 4.69) is 15.9 Å². The number of hydrogen-bond acceptors (Lipinski definition) is 2. The Labute approximate surface area is 102 Å². The summed E-state index contributed by atoms with van der Waals surface area (Å²) in [6, 6.07) is 3.58. The average Bonchev–Trinajstić information content (AvgIpc) is 2.25. The van der Waals surface area contributed by atoms with Crippen molar-refractivity contribution in [2.45, 2.75) is 31.0 Å². The third kappa shape index (κ3) is 3.56. The Hall–Kier alpha value is -0.970. The summed E-state index contributed by atoms with van der Waals surface area (Å²) >= 11 is 3.45. The van der Waals surface area contributed by atoms with Crippen LogP contribution in [0.15, 0.2) is 18.2 Å². The largest absolute Gasteiger partial charge is 0.272 e. The topological polar surface area (TPSA) is 43.1 Å². The van der Waals surface area contributed by atoms with Crippen LogP contribution in [-0.2, 0) is 6.42 Å². The zero-order chi connectivity index (χ0) is 12.1. The van der Waals surface area contributed by atoms with E-state index < -0.39 is 10.7 Å². The highest BCUT2D eigenvalue weighted by Gasteiger charge is 2.15. The highest BCUT2D eigenvalue weighted by molar-refractivity contribution is 9.09. The van der Waals surface area contributed by atoms with Crippen LogP contribution in [0.2, 0.25) is 0 Å². The molecule has 1 rings (SSSR count). The number of benzene rings is 1. The van der Waals surface area contributed by atoms with Gasteiger partial charge in [0.1, 0.15) is 5.82 Å². The molecule has 0 aliphatic rings. The summed E-state index contributed by atoms with van der Waals surface area (Å²) in [4.78, 5) is 10.6. The van der Waals surface area contributed by atoms with Crippen molar-refractivity contribution in [3.05, 3.63) is 39.7 Å². The summed E-state index contributed by atoms with van der Waals surface area (Å²) in [5, 5.41) is 10.7. The summed E-state index contributed by atoms with van der Waals surface area (Å²) in [7, 11) is 0. The molecule has 0 heterocycles. The van der Waals surface area contributed by atoms with Crippen LogP contribution in [-0.4, -0.2) is 9.75 Å². The maximum absolute atomic E-state index is 13.0. The molecule has 1 aromatic rings. The Morgan fingerprint density at radius 2 is 2.25 bits per heavy atom. The SMILES string of the molecule is CCC(Br)CCc1cc(F)ccc1[N+](=O)[O-]. The Bertz CT molecular complexity index is 384. The number of alkyl halides is 1. The lowest BCUT2D eigenvalue weighted by atomic mass is 10.1. The van der Waals surface area contributed by atoms with Crippen LogP contribution in [0.5, 0.6) is 0 Å². The van der Waals surface area contributed by atoms with Gasteiger partial charge in [-0.15, -0.1) is 0 Å². The van der Waals surface area contributed by atoms with Crippen LogP contribution in [0.4, 0.5) is 10.1 Å². The molecule has 1 aromatic carbocycles. The Kier molecular flexibility index (Phi) is 4.86. The molecule has 0 saturated carbocycles. The molecule has 1 unspecified atom stereocenters. The Morgan fingerprint density at radius 1 is 1.56 bits per heavy atom. The lowest BCUT2D eigenvalue weighted by Gasteiger charge is -2.07. The molecule has 0 aliphatic carbocycles. The molecule has 0 aliphatic heterocycles. The highest BCUT2D eigenvalue weighted by atomic mass is 79.9. The van der Waals surface area contributed by atoms with E-state index >= 15 is 0 Å². The molecule has 0 aromatic heterocycles. The van der Waals surface area contributed by atoms with E-state index in [1.807, 2.05) is 6.92 Å². The van der Waals surface area contributed by atoms with Gasteiger partial charge in [-0.1, -0.05) is 22.9 Å². The van der Waals surface area contributed by atoms with Crippen molar-refractivity contribution in [2.75, 3.05) is 0 Å². The van der Waals surface area contributed by atoms with Crippen molar-refractivity contribution in [3.63, 3.8) is 0 Å². The molecule has 0 saturated heterocycles. The zero-order valence-corrected chi connectivity index (χ0v) is 10.5. The van der Waals surface area contributed by atoms with Gasteiger partial charge in [0.25, 0.3) is 5.69 Å². The predicted molar refractivity (Wildman–Crippen MR) is 64.4 cm³/mol. The Morgan fingerprint density at radius 3 is 2.81 bits per heavy atom. The van der Waals surface area contributed by atoms with Crippen LogP contribution < -0.4 is 0 Å². The fourth-order valence-corrected chi connectivity index (χ4v) is 1.68. The maximum Gasteiger partial charge on any atom is 0.272 e. The first-order valence-electron chi connectivity index (χ1n) is 5.11. The number of aryl methyl sites for hydroxylation is 1. The molecule has 0 radical (unpaired) electrons. The van der Waals surface area contributed by atoms with E-state index in [0.29, 0.717) is 16.8 Å². The first-order chi connectivity index (χ1) is 7.54. The number of hydrogen-bond donors (Lipinski definition) is 0. The highest BCUT2D eigenvalue weighted by Crippen LogP contribution is 2.23. The molecule has 0 N–H and O–H groups in total. The molecular formula is C11H13BrFNO2. The van der Waals surface area contributed by atoms with Gasteiger partial charge in [-0.05, 0) is 31.4 Å². The number of nitro benzene ring substituents is 1. The number of nitrogens with zero attached hydrogens (tertiary/aromatic N) is 1. The molecule has 16 heavy (non-hydrogen) atoms. The number of halogens is 2. The fourth-order valence-electron chi connectivity index (χ4n) is 1.45. The van der Waals surface area contributed by atoms with Crippen molar-refractivity contribution in [1.29, 1.82) is 0 Å². The normalized spacial score (nSPS) is 12.4. The van der Waals surface area contributed by atoms with E-state index in [-0.39, 0.29) is 5.69 Å². The Balaban J connectivity index is 2.84. The summed E-state index contributed by atoms with van der Waals surface area (Å²) in [5.41, 5.74) is 0.458. The van der Waals surface area contributed by atoms with Crippen LogP contribution in [0.1, 0.15) is 25.3 Å². The summed E-state index contributed by atoms with van der Waals surface area (Å²) in [6.07, 6.45) is 2.22. The minimum absolute atomic E-state index is 0.00259. The first kappa shape index (κ1) is 13.1. The molecule has 0 amide bonds. The second kappa shape index (κ2) is 5.94. The minimum atomic E-state index is -0.468. The second-order valence-corrected chi connectivity index (χ2v) is 4.87. The van der Waals surface area contributed by atoms with Gasteiger partial charge >= 0.3 is 0 Å². The fraction of sp³-hybridized carbons (Fsp3) is 0.455. The molecule has 1 atom stereocenters. The van der Waals surface area contributed by atoms with Crippen LogP contribution in [0.25, 0.3) is 0 Å². The molecule has 0 fully saturated rings. The number of rotatable bonds is 5. The van der Waals surface area contributed by atoms with E-state index in [4.69, 9.17) is 0 Å². The van der Waals surface area contributed by atoms with Gasteiger partial charge in [-0.25, -0.2) is 4.39 Å². The van der Waals surface area contributed by atoms with E-state index in [1.165, 1.54) is 12.1 Å². The summed E-state index contributed by atoms with van der Waals surface area (Å²) in [5.74, 6) is -0.428. The second-order valence-electron chi connectivity index (χ2n) is 3.57. The van der Waals surface area contributed by atoms with E-state index in [1.54, 1.807) is 0 Å². The third-order valence-corrected chi connectivity index (χ3v) is 3.51. The van der Waals surface area contributed by atoms with Crippen LogP contribution in [0.3, 0.4) is 0 Å². The summed E-state index contributed by atoms with van der Waals surface area (Å²) < 4.78 is 13.0. The molecule has 0 bridgehead atoms. The van der Waals surface area contributed by atoms with Crippen molar-refractivity contribution in [1.82, 2.24) is 0 Å². The lowest BCUT2D eigenvalue weighted by molar-refractivity contribution is -0.385. The number of nitro groups is 1. The molecule has 3 nitrogen and oxygen atoms in total. The lowest BCUT2D eigenvalue weighted by Crippen LogP contribution is -2.01. The van der Waals surface area contributed by atoms with Crippen LogP contribution in [0, 0.1) is 15.9 Å². The van der Waals surface area contributed by atoms with Crippen molar-refractivity contribution in [3.8, 4) is 0 Å². The van der Waals surface area contributed by atoms with E-state index in [0.717, 1.165) is 18.9 Å². The average molecular weight is 290 g/mol. The van der Waals surface area contributed by atoms with Gasteiger partial charge in [-0.2, -0.15) is 0 Å². The molecule has 5 heteroatoms. The smallest absolute Gasteiger partial charge is 0.258 e. The van der Waals surface area contributed by atoms with Crippen molar-refractivity contribution < 1.29 is 9.31 Å². The van der Waals surface area contributed by atoms with Gasteiger partial charge in [0.15, 0.2) is 0 Å². The molecular weight excluding hydrogens is 277 g/mol. The van der Waals surface area contributed by atoms with Gasteiger partial charge in [0.2, 0.25) is 0 Å². The van der Waals surface area contributed by atoms with Gasteiger partial charge in [-0.3, -0.25) is 10.1 Å².